The van der Waals surface area contributed by atoms with Gasteiger partial charge in [-0.1, -0.05) is 140 Å². The van der Waals surface area contributed by atoms with Crippen molar-refractivity contribution in [3.8, 4) is 44.9 Å². The Balaban J connectivity index is 1.13. The predicted molar refractivity (Wildman–Crippen MR) is 199 cm³/mol. The van der Waals surface area contributed by atoms with Crippen molar-refractivity contribution in [3.05, 3.63) is 158 Å². The Kier molecular flexibility index (Phi) is 4.90. The van der Waals surface area contributed by atoms with Gasteiger partial charge in [-0.05, 0) is 99.9 Å². The van der Waals surface area contributed by atoms with Crippen LogP contribution in [0.3, 0.4) is 0 Å². The quantitative estimate of drug-likeness (QED) is 0.181. The second-order valence-electron chi connectivity index (χ2n) is 12.8. The van der Waals surface area contributed by atoms with Gasteiger partial charge in [0, 0.05) is 16.3 Å². The summed E-state index contributed by atoms with van der Waals surface area (Å²) >= 11 is 0. The number of hydrogen-bond acceptors (Lipinski definition) is 1. The zero-order chi connectivity index (χ0) is 30.6. The van der Waals surface area contributed by atoms with Crippen LogP contribution in [0.25, 0.3) is 98.0 Å². The third-order valence-corrected chi connectivity index (χ3v) is 10.4. The van der Waals surface area contributed by atoms with E-state index in [0.717, 1.165) is 22.4 Å². The smallest absolute Gasteiger partial charge is 0.143 e. The molecule has 0 radical (unpaired) electrons. The average molecular weight is 595 g/mol. The van der Waals surface area contributed by atoms with Crippen molar-refractivity contribution in [2.24, 2.45) is 0 Å². The first-order chi connectivity index (χ1) is 23.3. The second kappa shape index (κ2) is 9.19. The maximum absolute atomic E-state index is 6.69. The Morgan fingerprint density at radius 2 is 0.872 bits per heavy atom. The van der Waals surface area contributed by atoms with Gasteiger partial charge in [-0.15, -0.1) is 0 Å². The number of fused-ring (bicyclic) bond motifs is 5. The highest BCUT2D eigenvalue weighted by Gasteiger charge is 2.23. The molecule has 0 saturated heterocycles. The number of benzene rings is 10. The molecule has 10 aromatic rings. The van der Waals surface area contributed by atoms with Crippen molar-refractivity contribution in [2.45, 2.75) is 0 Å². The van der Waals surface area contributed by atoms with E-state index in [4.69, 9.17) is 4.74 Å². The highest BCUT2D eigenvalue weighted by Crippen LogP contribution is 2.51. The first-order valence-electron chi connectivity index (χ1n) is 16.3. The lowest BCUT2D eigenvalue weighted by Gasteiger charge is -2.24. The normalized spacial score (nSPS) is 12.4. The molecule has 216 valence electrons. The SMILES string of the molecule is c1cc(-c2ccc3ccc4cccc5ccc2c3c45)c2cc(-c3ccc4c5c(cccc35)-c3ccc5ccccc5c3O4)ccc2c1. The summed E-state index contributed by atoms with van der Waals surface area (Å²) in [5.74, 6) is 1.86. The zero-order valence-corrected chi connectivity index (χ0v) is 25.4. The molecule has 10 aromatic carbocycles. The van der Waals surface area contributed by atoms with Crippen LogP contribution in [0.2, 0.25) is 0 Å². The lowest BCUT2D eigenvalue weighted by Crippen LogP contribution is -1.98. The molecule has 0 spiro atoms. The van der Waals surface area contributed by atoms with E-state index in [0.29, 0.717) is 0 Å². The summed E-state index contributed by atoms with van der Waals surface area (Å²) in [6.45, 7) is 0. The highest BCUT2D eigenvalue weighted by molar-refractivity contribution is 6.26. The Bertz CT molecular complexity index is 2910. The molecule has 0 fully saturated rings. The molecule has 0 aliphatic carbocycles. The van der Waals surface area contributed by atoms with Crippen molar-refractivity contribution < 1.29 is 4.74 Å². The van der Waals surface area contributed by atoms with Gasteiger partial charge < -0.3 is 4.74 Å². The van der Waals surface area contributed by atoms with E-state index in [1.165, 1.54) is 87.1 Å². The van der Waals surface area contributed by atoms with E-state index in [1.807, 2.05) is 0 Å². The van der Waals surface area contributed by atoms with Crippen molar-refractivity contribution in [2.75, 3.05) is 0 Å². The van der Waals surface area contributed by atoms with E-state index in [1.54, 1.807) is 0 Å². The molecule has 0 amide bonds. The Morgan fingerprint density at radius 3 is 1.81 bits per heavy atom. The molecule has 11 rings (SSSR count). The van der Waals surface area contributed by atoms with E-state index in [9.17, 15) is 0 Å². The zero-order valence-electron chi connectivity index (χ0n) is 25.4. The van der Waals surface area contributed by atoms with Gasteiger partial charge in [0.25, 0.3) is 0 Å². The monoisotopic (exact) mass is 594 g/mol. The second-order valence-corrected chi connectivity index (χ2v) is 12.8. The molecule has 0 N–H and O–H groups in total. The van der Waals surface area contributed by atoms with E-state index in [-0.39, 0.29) is 0 Å². The summed E-state index contributed by atoms with van der Waals surface area (Å²) < 4.78 is 6.69. The molecule has 0 atom stereocenters. The maximum atomic E-state index is 6.69. The summed E-state index contributed by atoms with van der Waals surface area (Å²) in [5, 5.41) is 15.1. The van der Waals surface area contributed by atoms with Crippen LogP contribution in [0.15, 0.2) is 158 Å². The molecular formula is C46H26O. The molecule has 1 aliphatic rings. The molecule has 47 heavy (non-hydrogen) atoms. The van der Waals surface area contributed by atoms with Crippen molar-refractivity contribution >= 4 is 64.6 Å². The minimum Gasteiger partial charge on any atom is -0.455 e. The van der Waals surface area contributed by atoms with Gasteiger partial charge in [-0.3, -0.25) is 0 Å². The fraction of sp³-hybridized carbons (Fsp3) is 0. The van der Waals surface area contributed by atoms with Gasteiger partial charge in [0.2, 0.25) is 0 Å². The summed E-state index contributed by atoms with van der Waals surface area (Å²) in [6.07, 6.45) is 0. The first-order valence-corrected chi connectivity index (χ1v) is 16.3. The van der Waals surface area contributed by atoms with Crippen LogP contribution in [0.1, 0.15) is 0 Å². The topological polar surface area (TPSA) is 9.23 Å². The third kappa shape index (κ3) is 3.43. The van der Waals surface area contributed by atoms with Crippen LogP contribution in [-0.2, 0) is 0 Å². The summed E-state index contributed by atoms with van der Waals surface area (Å²) in [6, 6.07) is 57.9. The molecule has 1 nitrogen and oxygen atoms in total. The molecule has 1 heterocycles. The average Bonchev–Trinajstić information content (AvgIpc) is 3.13. The molecule has 0 saturated carbocycles. The number of hydrogen-bond donors (Lipinski definition) is 0. The van der Waals surface area contributed by atoms with Gasteiger partial charge in [-0.2, -0.15) is 0 Å². The molecule has 0 unspecified atom stereocenters. The first kappa shape index (κ1) is 25.1. The molecule has 1 heteroatoms. The van der Waals surface area contributed by atoms with Gasteiger partial charge >= 0.3 is 0 Å². The van der Waals surface area contributed by atoms with Crippen LogP contribution in [0.5, 0.6) is 11.5 Å². The van der Waals surface area contributed by atoms with Crippen molar-refractivity contribution in [3.63, 3.8) is 0 Å². The van der Waals surface area contributed by atoms with Crippen LogP contribution in [0.4, 0.5) is 0 Å². The standard InChI is InChI=1S/C46H26O/c1-2-10-34-27(6-1)18-23-40-38-13-5-12-37-33(24-25-42(45(37)38)47-46(34)40)32-17-14-28-7-4-11-35(41(28)26-32)36-21-19-31-16-15-29-8-3-9-30-20-22-39(36)44(31)43(29)30/h1-26H. The summed E-state index contributed by atoms with van der Waals surface area (Å²) in [5.41, 5.74) is 7.32. The third-order valence-electron chi connectivity index (χ3n) is 10.4. The summed E-state index contributed by atoms with van der Waals surface area (Å²) in [4.78, 5) is 0. The molecule has 1 aliphatic heterocycles. The highest BCUT2D eigenvalue weighted by atomic mass is 16.5. The maximum Gasteiger partial charge on any atom is 0.143 e. The Labute approximate surface area is 271 Å². The largest absolute Gasteiger partial charge is 0.455 e. The lowest BCUT2D eigenvalue weighted by atomic mass is 9.87. The van der Waals surface area contributed by atoms with E-state index in [2.05, 4.69) is 158 Å². The Hall–Kier alpha value is -6.18. The summed E-state index contributed by atoms with van der Waals surface area (Å²) in [7, 11) is 0. The van der Waals surface area contributed by atoms with Crippen molar-refractivity contribution in [1.82, 2.24) is 0 Å². The van der Waals surface area contributed by atoms with Crippen LogP contribution < -0.4 is 4.74 Å². The predicted octanol–water partition coefficient (Wildman–Crippen LogP) is 13.2. The van der Waals surface area contributed by atoms with Gasteiger partial charge in [0.1, 0.15) is 11.5 Å². The number of ether oxygens (including phenoxy) is 1. The Morgan fingerprint density at radius 1 is 0.298 bits per heavy atom. The lowest BCUT2D eigenvalue weighted by molar-refractivity contribution is 0.493. The van der Waals surface area contributed by atoms with Gasteiger partial charge in [0.15, 0.2) is 0 Å². The number of rotatable bonds is 2. The fourth-order valence-corrected chi connectivity index (χ4v) is 8.26. The van der Waals surface area contributed by atoms with Crippen LogP contribution >= 0.6 is 0 Å². The van der Waals surface area contributed by atoms with Crippen molar-refractivity contribution in [1.29, 1.82) is 0 Å². The van der Waals surface area contributed by atoms with E-state index >= 15 is 0 Å². The van der Waals surface area contributed by atoms with Gasteiger partial charge in [-0.25, -0.2) is 0 Å². The van der Waals surface area contributed by atoms with E-state index < -0.39 is 0 Å². The van der Waals surface area contributed by atoms with Crippen LogP contribution in [0, 0.1) is 0 Å². The van der Waals surface area contributed by atoms with Gasteiger partial charge in [0.05, 0.1) is 0 Å². The molecular weight excluding hydrogens is 569 g/mol. The minimum atomic E-state index is 0.915. The van der Waals surface area contributed by atoms with Crippen LogP contribution in [-0.4, -0.2) is 0 Å². The molecule has 0 bridgehead atoms. The molecule has 0 aromatic heterocycles. The minimum absolute atomic E-state index is 0.915. The fourth-order valence-electron chi connectivity index (χ4n) is 8.26.